The van der Waals surface area contributed by atoms with Gasteiger partial charge in [-0.15, -0.1) is 6.58 Å². The molecule has 1 saturated heterocycles. The minimum absolute atomic E-state index is 0.0568. The zero-order valence-electron chi connectivity index (χ0n) is 7.62. The molecule has 2 atom stereocenters. The molecular weight excluding hydrogens is 168 g/mol. The molecule has 0 aromatic carbocycles. The maximum absolute atomic E-state index is 11.4. The minimum atomic E-state index is -0.347. The minimum Gasteiger partial charge on any atom is -0.393 e. The normalized spacial score (nSPS) is 28.1. The lowest BCUT2D eigenvalue weighted by atomic mass is 10.0. The summed E-state index contributed by atoms with van der Waals surface area (Å²) in [6, 6.07) is -0.247. The molecule has 1 heterocycles. The van der Waals surface area contributed by atoms with Crippen LogP contribution in [0.4, 0.5) is 0 Å². The molecule has 0 spiro atoms. The number of nitrogens with one attached hydrogen (secondary N) is 2. The molecule has 74 valence electrons. The molecule has 1 rings (SSSR count). The fourth-order valence-corrected chi connectivity index (χ4v) is 1.39. The fourth-order valence-electron chi connectivity index (χ4n) is 1.39. The Kier molecular flexibility index (Phi) is 3.92. The molecule has 4 nitrogen and oxygen atoms in total. The van der Waals surface area contributed by atoms with Crippen LogP contribution in [-0.2, 0) is 4.79 Å². The van der Waals surface area contributed by atoms with Crippen LogP contribution in [0.3, 0.4) is 0 Å². The third kappa shape index (κ3) is 3.16. The Morgan fingerprint density at radius 2 is 2.54 bits per heavy atom. The molecule has 1 fully saturated rings. The van der Waals surface area contributed by atoms with Gasteiger partial charge in [-0.1, -0.05) is 6.08 Å². The van der Waals surface area contributed by atoms with E-state index in [-0.39, 0.29) is 18.1 Å². The molecule has 13 heavy (non-hydrogen) atoms. The number of aliphatic hydroxyl groups is 1. The van der Waals surface area contributed by atoms with Gasteiger partial charge in [0.05, 0.1) is 12.1 Å². The zero-order chi connectivity index (χ0) is 9.68. The predicted octanol–water partition coefficient (Wildman–Crippen LogP) is -0.599. The number of amides is 1. The largest absolute Gasteiger partial charge is 0.393 e. The molecule has 3 N–H and O–H groups in total. The Hall–Kier alpha value is -0.870. The molecule has 0 aromatic rings. The number of hydrogen-bond donors (Lipinski definition) is 3. The Labute approximate surface area is 78.0 Å². The van der Waals surface area contributed by atoms with Crippen molar-refractivity contribution in [1.29, 1.82) is 0 Å². The summed E-state index contributed by atoms with van der Waals surface area (Å²) in [6.07, 6.45) is 2.52. The van der Waals surface area contributed by atoms with Gasteiger partial charge in [0.1, 0.15) is 0 Å². The SMILES string of the molecule is C=CCNC(=O)[C@H]1C[C@@H](O)CCN1. The molecule has 4 heteroatoms. The van der Waals surface area contributed by atoms with E-state index in [0.717, 1.165) is 6.42 Å². The first-order chi connectivity index (χ1) is 6.24. The molecule has 0 bridgehead atoms. The van der Waals surface area contributed by atoms with E-state index >= 15 is 0 Å². The smallest absolute Gasteiger partial charge is 0.237 e. The van der Waals surface area contributed by atoms with E-state index in [2.05, 4.69) is 17.2 Å². The average Bonchev–Trinajstić information content (AvgIpc) is 2.14. The summed E-state index contributed by atoms with van der Waals surface area (Å²) in [6.45, 7) is 4.69. The Balaban J connectivity index is 2.32. The maximum atomic E-state index is 11.4. The standard InChI is InChI=1S/C9H16N2O2/c1-2-4-11-9(13)8-6-7(12)3-5-10-8/h2,7-8,10,12H,1,3-6H2,(H,11,13)/t7-,8+/m0/s1. The van der Waals surface area contributed by atoms with E-state index in [0.29, 0.717) is 19.5 Å². The van der Waals surface area contributed by atoms with E-state index in [9.17, 15) is 9.90 Å². The molecule has 0 aliphatic carbocycles. The van der Waals surface area contributed by atoms with Gasteiger partial charge in [-0.2, -0.15) is 0 Å². The van der Waals surface area contributed by atoms with Crippen molar-refractivity contribution < 1.29 is 9.90 Å². The van der Waals surface area contributed by atoms with E-state index < -0.39 is 0 Å². The molecule has 0 saturated carbocycles. The number of aliphatic hydroxyl groups excluding tert-OH is 1. The molecule has 1 aliphatic heterocycles. The maximum Gasteiger partial charge on any atom is 0.237 e. The number of rotatable bonds is 3. The topological polar surface area (TPSA) is 61.4 Å². The third-order valence-corrected chi connectivity index (χ3v) is 2.11. The van der Waals surface area contributed by atoms with Crippen LogP contribution >= 0.6 is 0 Å². The number of carbonyl (C=O) groups is 1. The van der Waals surface area contributed by atoms with Crippen LogP contribution in [0, 0.1) is 0 Å². The van der Waals surface area contributed by atoms with Crippen LogP contribution in [0.1, 0.15) is 12.8 Å². The lowest BCUT2D eigenvalue weighted by Crippen LogP contribution is -2.49. The molecular formula is C9H16N2O2. The summed E-state index contributed by atoms with van der Waals surface area (Å²) in [4.78, 5) is 11.4. The molecule has 1 aliphatic rings. The van der Waals surface area contributed by atoms with Gasteiger partial charge in [-0.25, -0.2) is 0 Å². The Morgan fingerprint density at radius 1 is 1.77 bits per heavy atom. The summed E-state index contributed by atoms with van der Waals surface area (Å²) < 4.78 is 0. The number of piperidine rings is 1. The van der Waals surface area contributed by atoms with Crippen LogP contribution in [0.25, 0.3) is 0 Å². The van der Waals surface area contributed by atoms with Crippen molar-refractivity contribution in [2.45, 2.75) is 25.0 Å². The van der Waals surface area contributed by atoms with Gasteiger partial charge < -0.3 is 15.7 Å². The van der Waals surface area contributed by atoms with Crippen LogP contribution < -0.4 is 10.6 Å². The van der Waals surface area contributed by atoms with Crippen LogP contribution in [0.5, 0.6) is 0 Å². The number of hydrogen-bond acceptors (Lipinski definition) is 3. The highest BCUT2D eigenvalue weighted by Crippen LogP contribution is 2.07. The van der Waals surface area contributed by atoms with Crippen LogP contribution in [0.15, 0.2) is 12.7 Å². The van der Waals surface area contributed by atoms with Crippen molar-refractivity contribution in [3.05, 3.63) is 12.7 Å². The highest BCUT2D eigenvalue weighted by atomic mass is 16.3. The second-order valence-corrected chi connectivity index (χ2v) is 3.22. The second-order valence-electron chi connectivity index (χ2n) is 3.22. The van der Waals surface area contributed by atoms with Gasteiger partial charge in [0.2, 0.25) is 5.91 Å². The van der Waals surface area contributed by atoms with Crippen molar-refractivity contribution >= 4 is 5.91 Å². The zero-order valence-corrected chi connectivity index (χ0v) is 7.62. The quantitative estimate of drug-likeness (QED) is 0.513. The second kappa shape index (κ2) is 4.99. The van der Waals surface area contributed by atoms with Gasteiger partial charge in [0.25, 0.3) is 0 Å². The number of carbonyl (C=O) groups excluding carboxylic acids is 1. The molecule has 0 unspecified atom stereocenters. The van der Waals surface area contributed by atoms with Gasteiger partial charge in [0.15, 0.2) is 0 Å². The monoisotopic (exact) mass is 184 g/mol. The van der Waals surface area contributed by atoms with Crippen molar-refractivity contribution in [2.24, 2.45) is 0 Å². The van der Waals surface area contributed by atoms with Gasteiger partial charge in [-0.3, -0.25) is 4.79 Å². The van der Waals surface area contributed by atoms with Crippen LogP contribution in [-0.4, -0.2) is 36.2 Å². The van der Waals surface area contributed by atoms with Crippen molar-refractivity contribution in [1.82, 2.24) is 10.6 Å². The third-order valence-electron chi connectivity index (χ3n) is 2.11. The fraction of sp³-hybridized carbons (Fsp3) is 0.667. The summed E-state index contributed by atoms with van der Waals surface area (Å²) in [7, 11) is 0. The first-order valence-electron chi connectivity index (χ1n) is 4.54. The predicted molar refractivity (Wildman–Crippen MR) is 50.2 cm³/mol. The van der Waals surface area contributed by atoms with Crippen molar-refractivity contribution in [2.75, 3.05) is 13.1 Å². The molecule has 0 aromatic heterocycles. The highest BCUT2D eigenvalue weighted by molar-refractivity contribution is 5.81. The highest BCUT2D eigenvalue weighted by Gasteiger charge is 2.24. The van der Waals surface area contributed by atoms with Crippen LogP contribution in [0.2, 0.25) is 0 Å². The van der Waals surface area contributed by atoms with E-state index in [4.69, 9.17) is 0 Å². The van der Waals surface area contributed by atoms with Gasteiger partial charge >= 0.3 is 0 Å². The average molecular weight is 184 g/mol. The van der Waals surface area contributed by atoms with Gasteiger partial charge in [0, 0.05) is 6.54 Å². The summed E-state index contributed by atoms with van der Waals surface area (Å²) in [5.41, 5.74) is 0. The summed E-state index contributed by atoms with van der Waals surface area (Å²) >= 11 is 0. The van der Waals surface area contributed by atoms with Crippen molar-refractivity contribution in [3.8, 4) is 0 Å². The lowest BCUT2D eigenvalue weighted by Gasteiger charge is -2.26. The van der Waals surface area contributed by atoms with E-state index in [1.165, 1.54) is 0 Å². The molecule has 0 radical (unpaired) electrons. The van der Waals surface area contributed by atoms with Gasteiger partial charge in [-0.05, 0) is 19.4 Å². The van der Waals surface area contributed by atoms with Crippen molar-refractivity contribution in [3.63, 3.8) is 0 Å². The lowest BCUT2D eigenvalue weighted by molar-refractivity contribution is -0.124. The van der Waals surface area contributed by atoms with E-state index in [1.54, 1.807) is 6.08 Å². The van der Waals surface area contributed by atoms with E-state index in [1.807, 2.05) is 0 Å². The first-order valence-corrected chi connectivity index (χ1v) is 4.54. The Morgan fingerprint density at radius 3 is 3.15 bits per heavy atom. The Bertz CT molecular complexity index is 194. The molecule has 1 amide bonds. The summed E-state index contributed by atoms with van der Waals surface area (Å²) in [5.74, 6) is -0.0568. The first kappa shape index (κ1) is 10.2. The summed E-state index contributed by atoms with van der Waals surface area (Å²) in [5, 5.41) is 15.1.